The van der Waals surface area contributed by atoms with Crippen molar-refractivity contribution in [2.45, 2.75) is 57.6 Å². The van der Waals surface area contributed by atoms with E-state index < -0.39 is 34.1 Å². The van der Waals surface area contributed by atoms with Crippen molar-refractivity contribution in [2.75, 3.05) is 13.6 Å². The van der Waals surface area contributed by atoms with E-state index in [1.165, 1.54) is 24.1 Å². The average Bonchev–Trinajstić information content (AvgIpc) is 2.72. The lowest BCUT2D eigenvalue weighted by Crippen LogP contribution is -2.54. The molecule has 1 atom stereocenters. The van der Waals surface area contributed by atoms with E-state index in [2.05, 4.69) is 5.32 Å². The standard InChI is InChI=1S/C24H31Cl2N3O4S/c1-16-7-10-19(11-8-16)34(32,33)28(6)15-22(30)29(17(2)23(31)27-24(3,4)5)14-18-9-12-20(25)21(26)13-18/h7-13,17H,14-15H2,1-6H3,(H,27,31)/t17-/m1/s1. The Kier molecular flexibility index (Phi) is 9.16. The number of nitrogens with one attached hydrogen (secondary N) is 1. The van der Waals surface area contributed by atoms with Crippen LogP contribution in [0.15, 0.2) is 47.4 Å². The van der Waals surface area contributed by atoms with Crippen molar-refractivity contribution in [2.24, 2.45) is 0 Å². The van der Waals surface area contributed by atoms with Crippen molar-refractivity contribution >= 4 is 45.0 Å². The van der Waals surface area contributed by atoms with E-state index in [9.17, 15) is 18.0 Å². The van der Waals surface area contributed by atoms with Crippen LogP contribution in [-0.4, -0.2) is 54.6 Å². The molecular formula is C24H31Cl2N3O4S. The molecule has 10 heteroatoms. The molecule has 2 aromatic rings. The minimum Gasteiger partial charge on any atom is -0.350 e. The van der Waals surface area contributed by atoms with Crippen LogP contribution in [0, 0.1) is 6.92 Å². The van der Waals surface area contributed by atoms with Gasteiger partial charge in [-0.15, -0.1) is 0 Å². The van der Waals surface area contributed by atoms with Crippen LogP contribution in [0.1, 0.15) is 38.8 Å². The summed E-state index contributed by atoms with van der Waals surface area (Å²) in [5.41, 5.74) is 1.07. The first-order chi connectivity index (χ1) is 15.6. The first kappa shape index (κ1) is 28.1. The van der Waals surface area contributed by atoms with Gasteiger partial charge in [0.25, 0.3) is 0 Å². The van der Waals surface area contributed by atoms with Gasteiger partial charge >= 0.3 is 0 Å². The molecule has 0 radical (unpaired) electrons. The van der Waals surface area contributed by atoms with Crippen LogP contribution in [0.5, 0.6) is 0 Å². The minimum atomic E-state index is -3.90. The number of carbonyl (C=O) groups excluding carboxylic acids is 2. The number of benzene rings is 2. The normalized spacial score (nSPS) is 13.0. The quantitative estimate of drug-likeness (QED) is 0.555. The number of carbonyl (C=O) groups is 2. The van der Waals surface area contributed by atoms with Gasteiger partial charge in [-0.05, 0) is 64.4 Å². The summed E-state index contributed by atoms with van der Waals surface area (Å²) in [5.74, 6) is -0.884. The van der Waals surface area contributed by atoms with Gasteiger partial charge < -0.3 is 10.2 Å². The lowest BCUT2D eigenvalue weighted by atomic mass is 10.1. The maximum atomic E-state index is 13.3. The van der Waals surface area contributed by atoms with Crippen LogP contribution in [-0.2, 0) is 26.2 Å². The van der Waals surface area contributed by atoms with Gasteiger partial charge in [-0.2, -0.15) is 4.31 Å². The molecule has 0 saturated carbocycles. The summed E-state index contributed by atoms with van der Waals surface area (Å²) < 4.78 is 26.9. The van der Waals surface area contributed by atoms with Crippen LogP contribution in [0.2, 0.25) is 10.0 Å². The second-order valence-corrected chi connectivity index (χ2v) is 12.1. The fourth-order valence-corrected chi connectivity index (χ4v) is 4.59. The number of amides is 2. The molecule has 34 heavy (non-hydrogen) atoms. The van der Waals surface area contributed by atoms with Gasteiger partial charge in [-0.25, -0.2) is 8.42 Å². The van der Waals surface area contributed by atoms with Gasteiger partial charge in [0.2, 0.25) is 21.8 Å². The predicted molar refractivity (Wildman–Crippen MR) is 135 cm³/mol. The number of aryl methyl sites for hydroxylation is 1. The molecule has 0 heterocycles. The first-order valence-electron chi connectivity index (χ1n) is 10.7. The van der Waals surface area contributed by atoms with Crippen LogP contribution in [0.4, 0.5) is 0 Å². The molecule has 0 aliphatic carbocycles. The van der Waals surface area contributed by atoms with Gasteiger partial charge in [0.05, 0.1) is 21.5 Å². The molecule has 0 aliphatic rings. The molecule has 2 amide bonds. The molecular weight excluding hydrogens is 497 g/mol. The van der Waals surface area contributed by atoms with E-state index in [0.29, 0.717) is 15.6 Å². The third kappa shape index (κ3) is 7.43. The number of hydrogen-bond donors (Lipinski definition) is 1. The molecule has 1 N–H and O–H groups in total. The Morgan fingerprint density at radius 3 is 2.15 bits per heavy atom. The molecule has 0 saturated heterocycles. The van der Waals surface area contributed by atoms with Gasteiger partial charge in [0.1, 0.15) is 6.04 Å². The second kappa shape index (κ2) is 11.1. The Labute approximate surface area is 212 Å². The zero-order valence-corrected chi connectivity index (χ0v) is 22.6. The van der Waals surface area contributed by atoms with Gasteiger partial charge in [-0.1, -0.05) is 47.0 Å². The molecule has 2 rings (SSSR count). The van der Waals surface area contributed by atoms with Crippen molar-refractivity contribution in [3.05, 3.63) is 63.6 Å². The van der Waals surface area contributed by atoms with Gasteiger partial charge in [0.15, 0.2) is 0 Å². The number of nitrogens with zero attached hydrogens (tertiary/aromatic N) is 2. The summed E-state index contributed by atoms with van der Waals surface area (Å²) in [6.45, 7) is 8.58. The predicted octanol–water partition coefficient (Wildman–Crippen LogP) is 4.25. The second-order valence-electron chi connectivity index (χ2n) is 9.26. The Morgan fingerprint density at radius 1 is 1.03 bits per heavy atom. The number of likely N-dealkylation sites (N-methyl/N-ethyl adjacent to an activating group) is 1. The highest BCUT2D eigenvalue weighted by atomic mass is 35.5. The van der Waals surface area contributed by atoms with Gasteiger partial charge in [-0.3, -0.25) is 9.59 Å². The number of hydrogen-bond acceptors (Lipinski definition) is 4. The summed E-state index contributed by atoms with van der Waals surface area (Å²) in [7, 11) is -2.56. The van der Waals surface area contributed by atoms with Crippen LogP contribution in [0.25, 0.3) is 0 Å². The van der Waals surface area contributed by atoms with Crippen molar-refractivity contribution in [3.63, 3.8) is 0 Å². The van der Waals surface area contributed by atoms with E-state index in [1.807, 2.05) is 27.7 Å². The zero-order chi connectivity index (χ0) is 25.8. The smallest absolute Gasteiger partial charge is 0.243 e. The molecule has 0 fully saturated rings. The summed E-state index contributed by atoms with van der Waals surface area (Å²) in [6, 6.07) is 10.4. The molecule has 0 bridgehead atoms. The molecule has 0 aliphatic heterocycles. The Morgan fingerprint density at radius 2 is 1.62 bits per heavy atom. The molecule has 186 valence electrons. The molecule has 0 spiro atoms. The van der Waals surface area contributed by atoms with Crippen molar-refractivity contribution in [1.29, 1.82) is 0 Å². The van der Waals surface area contributed by atoms with E-state index in [-0.39, 0.29) is 17.3 Å². The van der Waals surface area contributed by atoms with Crippen LogP contribution in [0.3, 0.4) is 0 Å². The van der Waals surface area contributed by atoms with E-state index in [4.69, 9.17) is 23.2 Å². The molecule has 0 unspecified atom stereocenters. The SMILES string of the molecule is Cc1ccc(S(=O)(=O)N(C)CC(=O)N(Cc2ccc(Cl)c(Cl)c2)[C@H](C)C(=O)NC(C)(C)C)cc1. The largest absolute Gasteiger partial charge is 0.350 e. The Bertz CT molecular complexity index is 1150. The van der Waals surface area contributed by atoms with E-state index in [0.717, 1.165) is 9.87 Å². The summed E-state index contributed by atoms with van der Waals surface area (Å²) in [4.78, 5) is 27.6. The summed E-state index contributed by atoms with van der Waals surface area (Å²) in [6.07, 6.45) is 0. The van der Waals surface area contributed by atoms with Crippen LogP contribution < -0.4 is 5.32 Å². The highest BCUT2D eigenvalue weighted by Crippen LogP contribution is 2.24. The third-order valence-electron chi connectivity index (χ3n) is 5.09. The number of sulfonamides is 1. The molecule has 0 aromatic heterocycles. The molecule has 7 nitrogen and oxygen atoms in total. The average molecular weight is 529 g/mol. The van der Waals surface area contributed by atoms with E-state index >= 15 is 0 Å². The monoisotopic (exact) mass is 527 g/mol. The zero-order valence-electron chi connectivity index (χ0n) is 20.2. The minimum absolute atomic E-state index is 0.0485. The fourth-order valence-electron chi connectivity index (χ4n) is 3.15. The summed E-state index contributed by atoms with van der Waals surface area (Å²) >= 11 is 12.1. The maximum Gasteiger partial charge on any atom is 0.243 e. The first-order valence-corrected chi connectivity index (χ1v) is 12.9. The lowest BCUT2D eigenvalue weighted by molar-refractivity contribution is -0.141. The van der Waals surface area contributed by atoms with Crippen molar-refractivity contribution in [1.82, 2.24) is 14.5 Å². The third-order valence-corrected chi connectivity index (χ3v) is 7.65. The Balaban J connectivity index is 2.32. The van der Waals surface area contributed by atoms with E-state index in [1.54, 1.807) is 37.3 Å². The van der Waals surface area contributed by atoms with Crippen molar-refractivity contribution in [3.8, 4) is 0 Å². The van der Waals surface area contributed by atoms with Gasteiger partial charge in [0, 0.05) is 19.1 Å². The maximum absolute atomic E-state index is 13.3. The van der Waals surface area contributed by atoms with Crippen LogP contribution >= 0.6 is 23.2 Å². The fraction of sp³-hybridized carbons (Fsp3) is 0.417. The topological polar surface area (TPSA) is 86.8 Å². The number of rotatable bonds is 8. The van der Waals surface area contributed by atoms with Crippen molar-refractivity contribution < 1.29 is 18.0 Å². The number of halogens is 2. The highest BCUT2D eigenvalue weighted by molar-refractivity contribution is 7.89. The highest BCUT2D eigenvalue weighted by Gasteiger charge is 2.31. The molecule has 2 aromatic carbocycles. The lowest BCUT2D eigenvalue weighted by Gasteiger charge is -2.32. The summed E-state index contributed by atoms with van der Waals surface area (Å²) in [5, 5.41) is 3.55. The Hall–Kier alpha value is -2.13.